The largest absolute Gasteiger partial charge is 0.468 e. The highest BCUT2D eigenvalue weighted by molar-refractivity contribution is 7.91. The molecule has 0 saturated carbocycles. The van der Waals surface area contributed by atoms with Gasteiger partial charge in [-0.05, 0) is 43.2 Å². The maximum atomic E-state index is 13.4. The van der Waals surface area contributed by atoms with E-state index in [1.165, 1.54) is 11.2 Å². The summed E-state index contributed by atoms with van der Waals surface area (Å²) in [5.41, 5.74) is 1.40. The Kier molecular flexibility index (Phi) is 6.39. The Balaban J connectivity index is 1.82. The number of nitrogens with one attached hydrogen (secondary N) is 1. The molecule has 2 aromatic rings. The van der Waals surface area contributed by atoms with Gasteiger partial charge in [-0.25, -0.2) is 8.42 Å². The summed E-state index contributed by atoms with van der Waals surface area (Å²) in [5.74, 6) is -1.35. The molecule has 9 heteroatoms. The van der Waals surface area contributed by atoms with Crippen LogP contribution in [0.1, 0.15) is 22.1 Å². The highest BCUT2D eigenvalue weighted by Crippen LogP contribution is 2.31. The van der Waals surface area contributed by atoms with Crippen molar-refractivity contribution in [3.8, 4) is 0 Å². The molecule has 156 valence electrons. The number of benzene rings is 1. The summed E-state index contributed by atoms with van der Waals surface area (Å²) in [6, 6.07) is 8.30. The molecule has 1 aliphatic heterocycles. The Morgan fingerprint density at radius 2 is 1.90 bits per heavy atom. The molecule has 1 saturated heterocycles. The van der Waals surface area contributed by atoms with E-state index in [4.69, 9.17) is 9.15 Å². The molecule has 3 rings (SSSR count). The summed E-state index contributed by atoms with van der Waals surface area (Å²) in [7, 11) is -3.88. The summed E-state index contributed by atoms with van der Waals surface area (Å²) in [6.45, 7) is 4.64. The van der Waals surface area contributed by atoms with Crippen molar-refractivity contribution < 1.29 is 27.2 Å². The average molecular weight is 420 g/mol. The minimum atomic E-state index is -3.88. The van der Waals surface area contributed by atoms with Crippen LogP contribution < -0.4 is 5.32 Å². The summed E-state index contributed by atoms with van der Waals surface area (Å²) >= 11 is 0. The molecule has 0 radical (unpaired) electrons. The Bertz CT molecular complexity index is 978. The summed E-state index contributed by atoms with van der Waals surface area (Å²) in [6.07, 6.45) is 1.38. The predicted octanol–water partition coefficient (Wildman–Crippen LogP) is 1.39. The van der Waals surface area contributed by atoms with E-state index < -0.39 is 26.9 Å². The lowest BCUT2D eigenvalue weighted by Gasteiger charge is -2.26. The fraction of sp³-hybridized carbons (Fsp3) is 0.400. The normalized spacial score (nSPS) is 15.7. The van der Waals surface area contributed by atoms with Crippen LogP contribution >= 0.6 is 0 Å². The second-order valence-electron chi connectivity index (χ2n) is 6.93. The van der Waals surface area contributed by atoms with Crippen molar-refractivity contribution >= 4 is 21.7 Å². The number of rotatable bonds is 5. The van der Waals surface area contributed by atoms with Gasteiger partial charge in [-0.15, -0.1) is 0 Å². The van der Waals surface area contributed by atoms with Gasteiger partial charge in [0.15, 0.2) is 9.84 Å². The highest BCUT2D eigenvalue weighted by Gasteiger charge is 2.34. The minimum absolute atomic E-state index is 0.174. The summed E-state index contributed by atoms with van der Waals surface area (Å²) in [5, 5.41) is 1.31. The molecule has 1 aromatic carbocycles. The molecule has 0 bridgehead atoms. The zero-order valence-corrected chi connectivity index (χ0v) is 17.2. The molecular formula is C20H24N2O6S. The topological polar surface area (TPSA) is 106 Å². The van der Waals surface area contributed by atoms with Crippen LogP contribution in [0.4, 0.5) is 0 Å². The molecule has 2 heterocycles. The van der Waals surface area contributed by atoms with Gasteiger partial charge in [0.1, 0.15) is 11.0 Å². The van der Waals surface area contributed by atoms with Gasteiger partial charge >= 0.3 is 11.8 Å². The Morgan fingerprint density at radius 3 is 2.55 bits per heavy atom. The highest BCUT2D eigenvalue weighted by atomic mass is 32.2. The standard InChI is InChI=1S/C20H24N2O6S/c1-14-5-6-15(2)17(12-14)29(25,26)18(16-4-3-9-28-16)13-21-19(23)20(24)22-7-10-27-11-8-22/h3-6,9,12,18H,7-8,10-11,13H2,1-2H3,(H,21,23)/t18-/m1/s1. The Labute approximate surface area is 169 Å². The van der Waals surface area contributed by atoms with Crippen LogP contribution in [0.15, 0.2) is 45.9 Å². The fourth-order valence-electron chi connectivity index (χ4n) is 3.18. The lowest BCUT2D eigenvalue weighted by atomic mass is 10.2. The van der Waals surface area contributed by atoms with Crippen molar-refractivity contribution in [3.05, 3.63) is 53.5 Å². The third kappa shape index (κ3) is 4.68. The number of morpholine rings is 1. The number of hydrogen-bond donors (Lipinski definition) is 1. The molecular weight excluding hydrogens is 396 g/mol. The molecule has 0 aliphatic carbocycles. The molecule has 1 aromatic heterocycles. The molecule has 2 amide bonds. The van der Waals surface area contributed by atoms with Gasteiger partial charge in [-0.2, -0.15) is 0 Å². The first-order valence-corrected chi connectivity index (χ1v) is 10.8. The van der Waals surface area contributed by atoms with Crippen LogP contribution in [0.2, 0.25) is 0 Å². The van der Waals surface area contributed by atoms with Crippen LogP contribution in [-0.2, 0) is 24.2 Å². The van der Waals surface area contributed by atoms with E-state index in [-0.39, 0.29) is 17.2 Å². The van der Waals surface area contributed by atoms with Crippen molar-refractivity contribution in [2.45, 2.75) is 24.0 Å². The zero-order chi connectivity index (χ0) is 21.0. The maximum Gasteiger partial charge on any atom is 0.312 e. The van der Waals surface area contributed by atoms with Crippen LogP contribution in [0.25, 0.3) is 0 Å². The molecule has 8 nitrogen and oxygen atoms in total. The van der Waals surface area contributed by atoms with Crippen LogP contribution in [0, 0.1) is 13.8 Å². The smallest absolute Gasteiger partial charge is 0.312 e. The number of sulfone groups is 1. The third-order valence-electron chi connectivity index (χ3n) is 4.83. The van der Waals surface area contributed by atoms with Crippen molar-refractivity contribution in [3.63, 3.8) is 0 Å². The van der Waals surface area contributed by atoms with E-state index in [1.54, 1.807) is 31.2 Å². The number of carbonyl (C=O) groups excluding carboxylic acids is 2. The van der Waals surface area contributed by atoms with E-state index in [0.717, 1.165) is 5.56 Å². The molecule has 1 fully saturated rings. The van der Waals surface area contributed by atoms with Crippen molar-refractivity contribution in [2.24, 2.45) is 0 Å². The van der Waals surface area contributed by atoms with Gasteiger partial charge in [0, 0.05) is 19.6 Å². The van der Waals surface area contributed by atoms with E-state index in [1.807, 2.05) is 13.0 Å². The first-order valence-electron chi connectivity index (χ1n) is 9.30. The number of amides is 2. The van der Waals surface area contributed by atoms with Gasteiger partial charge < -0.3 is 19.4 Å². The van der Waals surface area contributed by atoms with Crippen molar-refractivity contribution in [2.75, 3.05) is 32.8 Å². The first kappa shape index (κ1) is 21.1. The number of hydrogen-bond acceptors (Lipinski definition) is 6. The number of nitrogens with zero attached hydrogens (tertiary/aromatic N) is 1. The molecule has 29 heavy (non-hydrogen) atoms. The summed E-state index contributed by atoms with van der Waals surface area (Å²) in [4.78, 5) is 26.2. The zero-order valence-electron chi connectivity index (χ0n) is 16.4. The quantitative estimate of drug-likeness (QED) is 0.733. The van der Waals surface area contributed by atoms with E-state index >= 15 is 0 Å². The average Bonchev–Trinajstić information content (AvgIpc) is 3.24. The Morgan fingerprint density at radius 1 is 1.17 bits per heavy atom. The van der Waals surface area contributed by atoms with Gasteiger partial charge in [0.05, 0.1) is 24.4 Å². The number of carbonyl (C=O) groups is 2. The van der Waals surface area contributed by atoms with Crippen LogP contribution in [0.3, 0.4) is 0 Å². The number of furan rings is 1. The van der Waals surface area contributed by atoms with Crippen molar-refractivity contribution in [1.82, 2.24) is 10.2 Å². The summed E-state index contributed by atoms with van der Waals surface area (Å²) < 4.78 is 37.2. The number of ether oxygens (including phenoxy) is 1. The van der Waals surface area contributed by atoms with Crippen LogP contribution in [-0.4, -0.2) is 58.0 Å². The fourth-order valence-corrected chi connectivity index (χ4v) is 5.09. The Hall–Kier alpha value is -2.65. The molecule has 1 atom stereocenters. The van der Waals surface area contributed by atoms with E-state index in [2.05, 4.69) is 5.32 Å². The second kappa shape index (κ2) is 8.79. The van der Waals surface area contributed by atoms with Gasteiger partial charge in [-0.1, -0.05) is 12.1 Å². The van der Waals surface area contributed by atoms with E-state index in [9.17, 15) is 18.0 Å². The lowest BCUT2D eigenvalue weighted by Crippen LogP contribution is -2.48. The first-order chi connectivity index (χ1) is 13.8. The molecule has 0 spiro atoms. The maximum absolute atomic E-state index is 13.4. The van der Waals surface area contributed by atoms with Gasteiger partial charge in [0.25, 0.3) is 0 Å². The van der Waals surface area contributed by atoms with Gasteiger partial charge in [0.2, 0.25) is 0 Å². The number of aryl methyl sites for hydroxylation is 2. The second-order valence-corrected chi connectivity index (χ2v) is 9.03. The van der Waals surface area contributed by atoms with E-state index in [0.29, 0.717) is 31.9 Å². The monoisotopic (exact) mass is 420 g/mol. The van der Waals surface area contributed by atoms with Gasteiger partial charge in [-0.3, -0.25) is 9.59 Å². The van der Waals surface area contributed by atoms with Crippen molar-refractivity contribution in [1.29, 1.82) is 0 Å². The molecule has 0 unspecified atom stereocenters. The molecule has 1 N–H and O–H groups in total. The van der Waals surface area contributed by atoms with Crippen LogP contribution in [0.5, 0.6) is 0 Å². The minimum Gasteiger partial charge on any atom is -0.468 e. The SMILES string of the molecule is Cc1ccc(C)c(S(=O)(=O)[C@H](CNC(=O)C(=O)N2CCOCC2)c2ccco2)c1. The molecule has 1 aliphatic rings. The lowest BCUT2D eigenvalue weighted by molar-refractivity contribution is -0.148. The third-order valence-corrected chi connectivity index (χ3v) is 7.03. The predicted molar refractivity (Wildman–Crippen MR) is 105 cm³/mol.